The first-order valence-electron chi connectivity index (χ1n) is 13.8. The van der Waals surface area contributed by atoms with Gasteiger partial charge in [-0.2, -0.15) is 0 Å². The molecule has 3 atom stereocenters. The van der Waals surface area contributed by atoms with Gasteiger partial charge in [0.15, 0.2) is 0 Å². The Kier molecular flexibility index (Phi) is 10.5. The van der Waals surface area contributed by atoms with Crippen molar-refractivity contribution in [2.24, 2.45) is 5.92 Å². The lowest BCUT2D eigenvalue weighted by Gasteiger charge is -2.43. The van der Waals surface area contributed by atoms with E-state index in [9.17, 15) is 20.1 Å². The normalized spacial score (nSPS) is 19.9. The number of aliphatic carboxylic acids is 1. The molecular weight excluding hydrogens is 452 g/mol. The molecule has 0 aromatic heterocycles. The molecular formula is C31H44O5. The third-order valence-corrected chi connectivity index (χ3v) is 8.00. The smallest absolute Gasteiger partial charge is 0.306 e. The van der Waals surface area contributed by atoms with E-state index in [1.165, 1.54) is 0 Å². The van der Waals surface area contributed by atoms with Crippen LogP contribution in [0.2, 0.25) is 0 Å². The van der Waals surface area contributed by atoms with E-state index in [0.29, 0.717) is 6.61 Å². The van der Waals surface area contributed by atoms with Gasteiger partial charge in [0.2, 0.25) is 0 Å². The van der Waals surface area contributed by atoms with E-state index < -0.39 is 5.97 Å². The maximum atomic E-state index is 11.5. The van der Waals surface area contributed by atoms with Gasteiger partial charge in [-0.15, -0.1) is 0 Å². The molecule has 3 rings (SSSR count). The van der Waals surface area contributed by atoms with Crippen LogP contribution in [0.5, 0.6) is 17.2 Å². The lowest BCUT2D eigenvalue weighted by atomic mass is 9.66. The maximum Gasteiger partial charge on any atom is 0.306 e. The maximum absolute atomic E-state index is 11.5. The Labute approximate surface area is 216 Å². The second kappa shape index (κ2) is 13.6. The van der Waals surface area contributed by atoms with E-state index in [0.717, 1.165) is 93.9 Å². The minimum absolute atomic E-state index is 0.179. The van der Waals surface area contributed by atoms with Crippen LogP contribution >= 0.6 is 0 Å². The molecule has 2 aromatic carbocycles. The molecule has 0 amide bonds. The summed E-state index contributed by atoms with van der Waals surface area (Å²) in [6.45, 7) is 4.91. The van der Waals surface area contributed by atoms with Crippen molar-refractivity contribution < 1.29 is 24.9 Å². The fraction of sp³-hybridized carbons (Fsp3) is 0.581. The number of hydrogen-bond acceptors (Lipinski definition) is 4. The number of fused-ring (bicyclic) bond motifs is 1. The van der Waals surface area contributed by atoms with Crippen LogP contribution in [0.3, 0.4) is 0 Å². The van der Waals surface area contributed by atoms with E-state index in [-0.39, 0.29) is 28.7 Å². The van der Waals surface area contributed by atoms with Gasteiger partial charge in [0.05, 0.1) is 12.5 Å². The largest absolute Gasteiger partial charge is 0.508 e. The van der Waals surface area contributed by atoms with Gasteiger partial charge in [0.25, 0.3) is 0 Å². The van der Waals surface area contributed by atoms with E-state index in [1.807, 2.05) is 18.2 Å². The van der Waals surface area contributed by atoms with Gasteiger partial charge in [-0.25, -0.2) is 0 Å². The van der Waals surface area contributed by atoms with Crippen LogP contribution in [0, 0.1) is 5.92 Å². The zero-order valence-corrected chi connectivity index (χ0v) is 22.0. The minimum atomic E-state index is -0.632. The number of phenols is 2. The molecule has 1 aliphatic heterocycles. The SMILES string of the molecule is CCCCCC(CCCCCCCCC1c2ccc(O)cc2OCC1(C)c1ccc(O)cc1)C(=O)O. The number of rotatable bonds is 15. The Morgan fingerprint density at radius 1 is 0.917 bits per heavy atom. The van der Waals surface area contributed by atoms with Gasteiger partial charge in [0, 0.05) is 17.4 Å². The summed E-state index contributed by atoms with van der Waals surface area (Å²) in [5, 5.41) is 29.2. The number of carboxylic acids is 1. The molecule has 0 saturated heterocycles. The molecule has 3 unspecified atom stereocenters. The second-order valence-electron chi connectivity index (χ2n) is 10.8. The average Bonchev–Trinajstić information content (AvgIpc) is 2.86. The van der Waals surface area contributed by atoms with Crippen LogP contribution in [0.4, 0.5) is 0 Å². The predicted octanol–water partition coefficient (Wildman–Crippen LogP) is 7.93. The molecule has 1 heterocycles. The summed E-state index contributed by atoms with van der Waals surface area (Å²) >= 11 is 0. The molecule has 36 heavy (non-hydrogen) atoms. The van der Waals surface area contributed by atoms with Crippen molar-refractivity contribution in [2.75, 3.05) is 6.61 Å². The quantitative estimate of drug-likeness (QED) is 0.218. The number of hydrogen-bond donors (Lipinski definition) is 3. The molecule has 2 aromatic rings. The highest BCUT2D eigenvalue weighted by atomic mass is 16.5. The van der Waals surface area contributed by atoms with Gasteiger partial charge >= 0.3 is 5.97 Å². The second-order valence-corrected chi connectivity index (χ2v) is 10.8. The van der Waals surface area contributed by atoms with Gasteiger partial charge in [-0.1, -0.05) is 89.8 Å². The molecule has 0 radical (unpaired) electrons. The highest BCUT2D eigenvalue weighted by Gasteiger charge is 2.42. The number of carbonyl (C=O) groups is 1. The molecule has 0 aliphatic carbocycles. The van der Waals surface area contributed by atoms with Crippen LogP contribution in [0.25, 0.3) is 0 Å². The summed E-state index contributed by atoms with van der Waals surface area (Å²) in [6.07, 6.45) is 12.6. The van der Waals surface area contributed by atoms with Gasteiger partial charge in [-0.05, 0) is 48.6 Å². The third-order valence-electron chi connectivity index (χ3n) is 8.00. The lowest BCUT2D eigenvalue weighted by molar-refractivity contribution is -0.142. The third kappa shape index (κ3) is 7.41. The number of aromatic hydroxyl groups is 2. The summed E-state index contributed by atoms with van der Waals surface area (Å²) in [5.41, 5.74) is 2.06. The van der Waals surface area contributed by atoms with Crippen molar-refractivity contribution >= 4 is 5.97 Å². The average molecular weight is 497 g/mol. The fourth-order valence-electron chi connectivity index (χ4n) is 5.69. The van der Waals surface area contributed by atoms with Crippen molar-refractivity contribution in [1.82, 2.24) is 0 Å². The summed E-state index contributed by atoms with van der Waals surface area (Å²) in [4.78, 5) is 11.5. The van der Waals surface area contributed by atoms with Crippen molar-refractivity contribution in [2.45, 2.75) is 102 Å². The van der Waals surface area contributed by atoms with Gasteiger partial charge < -0.3 is 20.1 Å². The van der Waals surface area contributed by atoms with E-state index in [2.05, 4.69) is 13.8 Å². The fourth-order valence-corrected chi connectivity index (χ4v) is 5.69. The Morgan fingerprint density at radius 2 is 1.53 bits per heavy atom. The Bertz CT molecular complexity index is 954. The van der Waals surface area contributed by atoms with Gasteiger partial charge in [-0.3, -0.25) is 4.79 Å². The van der Waals surface area contributed by atoms with E-state index >= 15 is 0 Å². The highest BCUT2D eigenvalue weighted by Crippen LogP contribution is 2.49. The van der Waals surface area contributed by atoms with Crippen LogP contribution in [-0.2, 0) is 10.2 Å². The summed E-state index contributed by atoms with van der Waals surface area (Å²) in [6, 6.07) is 12.9. The molecule has 1 aliphatic rings. The zero-order chi connectivity index (χ0) is 26.0. The zero-order valence-electron chi connectivity index (χ0n) is 22.0. The first-order valence-corrected chi connectivity index (χ1v) is 13.8. The Morgan fingerprint density at radius 3 is 2.19 bits per heavy atom. The lowest BCUT2D eigenvalue weighted by Crippen LogP contribution is -2.40. The Balaban J connectivity index is 1.50. The summed E-state index contributed by atoms with van der Waals surface area (Å²) in [7, 11) is 0. The van der Waals surface area contributed by atoms with Crippen LogP contribution < -0.4 is 4.74 Å². The monoisotopic (exact) mass is 496 g/mol. The highest BCUT2D eigenvalue weighted by molar-refractivity contribution is 5.69. The van der Waals surface area contributed by atoms with Crippen LogP contribution in [0.15, 0.2) is 42.5 Å². The van der Waals surface area contributed by atoms with E-state index in [4.69, 9.17) is 4.74 Å². The number of carboxylic acid groups (broad SMARTS) is 1. The van der Waals surface area contributed by atoms with Crippen molar-refractivity contribution in [1.29, 1.82) is 0 Å². The molecule has 0 saturated carbocycles. The Hall–Kier alpha value is -2.69. The molecule has 0 bridgehead atoms. The molecule has 5 heteroatoms. The molecule has 0 fully saturated rings. The number of ether oxygens (including phenoxy) is 1. The molecule has 0 spiro atoms. The molecule has 5 nitrogen and oxygen atoms in total. The predicted molar refractivity (Wildman–Crippen MR) is 144 cm³/mol. The van der Waals surface area contributed by atoms with Crippen molar-refractivity contribution in [3.05, 3.63) is 53.6 Å². The van der Waals surface area contributed by atoms with Crippen LogP contribution in [0.1, 0.15) is 108 Å². The number of benzene rings is 2. The van der Waals surface area contributed by atoms with E-state index in [1.54, 1.807) is 24.3 Å². The first-order chi connectivity index (χ1) is 17.3. The molecule has 198 valence electrons. The minimum Gasteiger partial charge on any atom is -0.508 e. The first kappa shape index (κ1) is 27.9. The number of unbranched alkanes of at least 4 members (excludes halogenated alkanes) is 7. The summed E-state index contributed by atoms with van der Waals surface area (Å²) < 4.78 is 6.11. The van der Waals surface area contributed by atoms with Crippen molar-refractivity contribution in [3.63, 3.8) is 0 Å². The number of phenolic OH excluding ortho intramolecular Hbond substituents is 2. The molecule has 3 N–H and O–H groups in total. The van der Waals surface area contributed by atoms with Crippen LogP contribution in [-0.4, -0.2) is 27.9 Å². The summed E-state index contributed by atoms with van der Waals surface area (Å²) in [5.74, 6) is 0.692. The van der Waals surface area contributed by atoms with Gasteiger partial charge in [0.1, 0.15) is 17.2 Å². The standard InChI is InChI=1S/C31H44O5/c1-3-4-9-12-23(30(34)35)13-10-7-5-6-8-11-14-28-27-20-19-26(33)21-29(27)36-22-31(28,2)24-15-17-25(32)18-16-24/h15-21,23,28,32-33H,3-14,22H2,1-2H3,(H,34,35). The van der Waals surface area contributed by atoms with Crippen molar-refractivity contribution in [3.8, 4) is 17.2 Å². The topological polar surface area (TPSA) is 87.0 Å².